The van der Waals surface area contributed by atoms with Crippen LogP contribution in [0.1, 0.15) is 49.4 Å². The van der Waals surface area contributed by atoms with Gasteiger partial charge >= 0.3 is 0 Å². The van der Waals surface area contributed by atoms with Crippen molar-refractivity contribution in [3.05, 3.63) is 53.5 Å². The second kappa shape index (κ2) is 7.02. The van der Waals surface area contributed by atoms with Gasteiger partial charge in [0.25, 0.3) is 0 Å². The van der Waals surface area contributed by atoms with Crippen LogP contribution in [-0.2, 0) is 11.3 Å². The Bertz CT molecular complexity index is 1050. The standard InChI is InChI=1S/C22H24N4O2/c1-14(2)26-13-25-18-11-15(3-4-19(18)26)21-20-16(12-24-21)5-8-23-22(20)28-17-6-9-27-10-7-17/h3-5,8,11,13-14,17H,6-7,9-10,12H2,1-2H3. The molecule has 0 saturated carbocycles. The summed E-state index contributed by atoms with van der Waals surface area (Å²) >= 11 is 0. The Labute approximate surface area is 164 Å². The van der Waals surface area contributed by atoms with Crippen LogP contribution < -0.4 is 4.74 Å². The van der Waals surface area contributed by atoms with Crippen molar-refractivity contribution in [3.63, 3.8) is 0 Å². The van der Waals surface area contributed by atoms with E-state index < -0.39 is 0 Å². The number of rotatable bonds is 4. The third-order valence-electron chi connectivity index (χ3n) is 5.50. The molecule has 1 aromatic carbocycles. The van der Waals surface area contributed by atoms with Gasteiger partial charge in [-0.2, -0.15) is 0 Å². The third-order valence-corrected chi connectivity index (χ3v) is 5.50. The highest BCUT2D eigenvalue weighted by atomic mass is 16.5. The van der Waals surface area contributed by atoms with Gasteiger partial charge in [0, 0.05) is 30.6 Å². The Morgan fingerprint density at radius 2 is 2.00 bits per heavy atom. The molecule has 2 aromatic heterocycles. The Balaban J connectivity index is 1.51. The number of aliphatic imine (C=N–C) groups is 1. The van der Waals surface area contributed by atoms with Gasteiger partial charge in [-0.15, -0.1) is 0 Å². The molecule has 1 fully saturated rings. The molecule has 0 atom stereocenters. The van der Waals surface area contributed by atoms with Crippen molar-refractivity contribution in [1.29, 1.82) is 0 Å². The summed E-state index contributed by atoms with van der Waals surface area (Å²) in [7, 11) is 0. The molecular weight excluding hydrogens is 352 g/mol. The lowest BCUT2D eigenvalue weighted by Crippen LogP contribution is -2.27. The lowest BCUT2D eigenvalue weighted by Gasteiger charge is -2.24. The molecule has 0 amide bonds. The SMILES string of the molecule is CC(C)n1cnc2cc(C3=NCc4ccnc(OC5CCOCC5)c43)ccc21. The highest BCUT2D eigenvalue weighted by molar-refractivity contribution is 6.17. The molecule has 0 aliphatic carbocycles. The number of fused-ring (bicyclic) bond motifs is 2. The average molecular weight is 376 g/mol. The number of aromatic nitrogens is 3. The van der Waals surface area contributed by atoms with Crippen LogP contribution in [0.25, 0.3) is 11.0 Å². The molecule has 0 N–H and O–H groups in total. The predicted octanol–water partition coefficient (Wildman–Crippen LogP) is 3.92. The zero-order valence-electron chi connectivity index (χ0n) is 16.3. The molecule has 1 saturated heterocycles. The molecule has 144 valence electrons. The van der Waals surface area contributed by atoms with Crippen LogP contribution in [0.3, 0.4) is 0 Å². The Kier molecular flexibility index (Phi) is 4.36. The van der Waals surface area contributed by atoms with E-state index in [1.165, 1.54) is 5.56 Å². The predicted molar refractivity (Wildman–Crippen MR) is 108 cm³/mol. The van der Waals surface area contributed by atoms with Crippen LogP contribution in [0.2, 0.25) is 0 Å². The number of benzene rings is 1. The topological polar surface area (TPSA) is 61.5 Å². The van der Waals surface area contributed by atoms with Gasteiger partial charge in [0.05, 0.1) is 48.4 Å². The van der Waals surface area contributed by atoms with E-state index >= 15 is 0 Å². The van der Waals surface area contributed by atoms with Crippen molar-refractivity contribution in [2.24, 2.45) is 4.99 Å². The van der Waals surface area contributed by atoms with Crippen molar-refractivity contribution in [2.45, 2.75) is 45.4 Å². The maximum absolute atomic E-state index is 6.28. The van der Waals surface area contributed by atoms with Crippen molar-refractivity contribution < 1.29 is 9.47 Å². The number of nitrogens with zero attached hydrogens (tertiary/aromatic N) is 4. The summed E-state index contributed by atoms with van der Waals surface area (Å²) in [6.07, 6.45) is 5.68. The van der Waals surface area contributed by atoms with Crippen LogP contribution in [0, 0.1) is 0 Å². The fraction of sp³-hybridized carbons (Fsp3) is 0.409. The zero-order valence-corrected chi connectivity index (χ0v) is 16.3. The summed E-state index contributed by atoms with van der Waals surface area (Å²) in [5, 5.41) is 0. The van der Waals surface area contributed by atoms with Crippen molar-refractivity contribution in [1.82, 2.24) is 14.5 Å². The molecular formula is C22H24N4O2. The number of pyridine rings is 1. The first-order valence-electron chi connectivity index (χ1n) is 9.95. The molecule has 6 heteroatoms. The lowest BCUT2D eigenvalue weighted by molar-refractivity contribution is 0.0236. The average Bonchev–Trinajstić information content (AvgIpc) is 3.33. The Morgan fingerprint density at radius 3 is 2.82 bits per heavy atom. The van der Waals surface area contributed by atoms with E-state index in [0.717, 1.165) is 53.9 Å². The van der Waals surface area contributed by atoms with Crippen molar-refractivity contribution in [3.8, 4) is 5.88 Å². The van der Waals surface area contributed by atoms with Crippen molar-refractivity contribution in [2.75, 3.05) is 13.2 Å². The van der Waals surface area contributed by atoms with E-state index in [0.29, 0.717) is 18.5 Å². The fourth-order valence-electron chi connectivity index (χ4n) is 3.98. The monoisotopic (exact) mass is 376 g/mol. The van der Waals surface area contributed by atoms with Gasteiger partial charge in [0.1, 0.15) is 6.10 Å². The summed E-state index contributed by atoms with van der Waals surface area (Å²) in [5.74, 6) is 0.688. The van der Waals surface area contributed by atoms with Gasteiger partial charge in [-0.05, 0) is 37.6 Å². The molecule has 0 spiro atoms. The van der Waals surface area contributed by atoms with Crippen LogP contribution in [-0.4, -0.2) is 39.6 Å². The van der Waals surface area contributed by atoms with E-state index in [1.54, 1.807) is 0 Å². The first kappa shape index (κ1) is 17.4. The largest absolute Gasteiger partial charge is 0.474 e. The van der Waals surface area contributed by atoms with Crippen molar-refractivity contribution >= 4 is 16.7 Å². The van der Waals surface area contributed by atoms with Gasteiger partial charge in [0.2, 0.25) is 5.88 Å². The molecule has 0 unspecified atom stereocenters. The summed E-state index contributed by atoms with van der Waals surface area (Å²) < 4.78 is 13.9. The normalized spacial score (nSPS) is 17.2. The minimum atomic E-state index is 0.152. The second-order valence-electron chi connectivity index (χ2n) is 7.69. The number of hydrogen-bond acceptors (Lipinski definition) is 5. The third kappa shape index (κ3) is 2.98. The highest BCUT2D eigenvalue weighted by Gasteiger charge is 2.26. The lowest BCUT2D eigenvalue weighted by atomic mass is 10.0. The quantitative estimate of drug-likeness (QED) is 0.692. The molecule has 2 aliphatic heterocycles. The highest BCUT2D eigenvalue weighted by Crippen LogP contribution is 2.32. The molecule has 28 heavy (non-hydrogen) atoms. The molecule has 0 radical (unpaired) electrons. The number of hydrogen-bond donors (Lipinski definition) is 0. The van der Waals surface area contributed by atoms with Crippen LogP contribution in [0.15, 0.2) is 41.8 Å². The maximum Gasteiger partial charge on any atom is 0.223 e. The number of imidazole rings is 1. The summed E-state index contributed by atoms with van der Waals surface area (Å²) in [4.78, 5) is 14.0. The zero-order chi connectivity index (χ0) is 19.1. The molecule has 2 aliphatic rings. The first-order valence-corrected chi connectivity index (χ1v) is 9.95. The van der Waals surface area contributed by atoms with E-state index in [-0.39, 0.29) is 6.10 Å². The Hall–Kier alpha value is -2.73. The molecule has 0 bridgehead atoms. The number of ether oxygens (including phenoxy) is 2. The second-order valence-corrected chi connectivity index (χ2v) is 7.69. The molecule has 3 aromatic rings. The van der Waals surface area contributed by atoms with E-state index in [4.69, 9.17) is 14.5 Å². The van der Waals surface area contributed by atoms with Crippen LogP contribution in [0.4, 0.5) is 0 Å². The summed E-state index contributed by atoms with van der Waals surface area (Å²) in [5.41, 5.74) is 6.33. The van der Waals surface area contributed by atoms with Crippen LogP contribution in [0.5, 0.6) is 5.88 Å². The molecule has 6 nitrogen and oxygen atoms in total. The molecule has 4 heterocycles. The Morgan fingerprint density at radius 1 is 1.14 bits per heavy atom. The van der Waals surface area contributed by atoms with E-state index in [9.17, 15) is 0 Å². The minimum Gasteiger partial charge on any atom is -0.474 e. The van der Waals surface area contributed by atoms with Gasteiger partial charge in [-0.3, -0.25) is 4.99 Å². The summed E-state index contributed by atoms with van der Waals surface area (Å²) in [6, 6.07) is 8.79. The van der Waals surface area contributed by atoms with Gasteiger partial charge < -0.3 is 14.0 Å². The van der Waals surface area contributed by atoms with Crippen LogP contribution >= 0.6 is 0 Å². The smallest absolute Gasteiger partial charge is 0.223 e. The van der Waals surface area contributed by atoms with E-state index in [1.807, 2.05) is 18.6 Å². The van der Waals surface area contributed by atoms with Gasteiger partial charge in [-0.1, -0.05) is 6.07 Å². The van der Waals surface area contributed by atoms with Gasteiger partial charge in [-0.25, -0.2) is 9.97 Å². The fourth-order valence-corrected chi connectivity index (χ4v) is 3.98. The molecule has 5 rings (SSSR count). The van der Waals surface area contributed by atoms with Gasteiger partial charge in [0.15, 0.2) is 0 Å². The first-order chi connectivity index (χ1) is 13.7. The maximum atomic E-state index is 6.28. The minimum absolute atomic E-state index is 0.152. The van der Waals surface area contributed by atoms with E-state index in [2.05, 4.69) is 46.6 Å². The summed E-state index contributed by atoms with van der Waals surface area (Å²) in [6.45, 7) is 6.48.